The molecular formula is C18H25NO4. The number of nitrogens with zero attached hydrogens (tertiary/aromatic N) is 1. The van der Waals surface area contributed by atoms with Crippen LogP contribution >= 0.6 is 0 Å². The van der Waals surface area contributed by atoms with E-state index >= 15 is 0 Å². The normalized spacial score (nSPS) is 15.3. The summed E-state index contributed by atoms with van der Waals surface area (Å²) in [5.74, 6) is 0.458. The number of methoxy groups -OCH3 is 1. The molecule has 5 heteroatoms. The lowest BCUT2D eigenvalue weighted by molar-refractivity contribution is -0.150. The van der Waals surface area contributed by atoms with Gasteiger partial charge in [0.1, 0.15) is 5.75 Å². The van der Waals surface area contributed by atoms with Crippen molar-refractivity contribution in [1.82, 2.24) is 4.90 Å². The Hall–Kier alpha value is -2.04. The minimum atomic E-state index is -0.119. The first-order valence-electron chi connectivity index (χ1n) is 8.25. The highest BCUT2D eigenvalue weighted by Crippen LogP contribution is 2.21. The highest BCUT2D eigenvalue weighted by atomic mass is 16.5. The van der Waals surface area contributed by atoms with Crippen LogP contribution < -0.4 is 4.74 Å². The Morgan fingerprint density at radius 2 is 2.00 bits per heavy atom. The van der Waals surface area contributed by atoms with E-state index in [1.807, 2.05) is 12.1 Å². The molecule has 23 heavy (non-hydrogen) atoms. The molecular weight excluding hydrogens is 294 g/mol. The van der Waals surface area contributed by atoms with Crippen molar-refractivity contribution < 1.29 is 19.1 Å². The van der Waals surface area contributed by atoms with E-state index in [0.29, 0.717) is 43.9 Å². The van der Waals surface area contributed by atoms with Gasteiger partial charge < -0.3 is 14.4 Å². The van der Waals surface area contributed by atoms with E-state index in [1.165, 1.54) is 0 Å². The van der Waals surface area contributed by atoms with E-state index in [0.717, 1.165) is 12.8 Å². The highest BCUT2D eigenvalue weighted by Gasteiger charge is 2.28. The van der Waals surface area contributed by atoms with E-state index in [4.69, 9.17) is 9.47 Å². The molecule has 0 aromatic heterocycles. The standard InChI is InChI=1S/C18H25NO4/c1-3-4-12-23-18(21)14-8-10-19(11-9-14)17(20)15-6-5-7-16(13-15)22-2/h5-7,13-14H,3-4,8-12H2,1-2H3. The van der Waals surface area contributed by atoms with Crippen LogP contribution in [0.2, 0.25) is 0 Å². The van der Waals surface area contributed by atoms with Crippen molar-refractivity contribution in [2.24, 2.45) is 5.92 Å². The number of hydrogen-bond acceptors (Lipinski definition) is 4. The van der Waals surface area contributed by atoms with E-state index in [9.17, 15) is 9.59 Å². The summed E-state index contributed by atoms with van der Waals surface area (Å²) in [7, 11) is 1.58. The van der Waals surface area contributed by atoms with Crippen LogP contribution in [0.25, 0.3) is 0 Å². The molecule has 1 fully saturated rings. The molecule has 0 bridgehead atoms. The fourth-order valence-corrected chi connectivity index (χ4v) is 2.69. The quantitative estimate of drug-likeness (QED) is 0.597. The molecule has 0 unspecified atom stereocenters. The van der Waals surface area contributed by atoms with Crippen molar-refractivity contribution in [1.29, 1.82) is 0 Å². The van der Waals surface area contributed by atoms with Crippen molar-refractivity contribution in [2.45, 2.75) is 32.6 Å². The van der Waals surface area contributed by atoms with Gasteiger partial charge in [0, 0.05) is 18.7 Å². The van der Waals surface area contributed by atoms with Gasteiger partial charge in [-0.2, -0.15) is 0 Å². The van der Waals surface area contributed by atoms with Crippen LogP contribution in [0.15, 0.2) is 24.3 Å². The first-order chi connectivity index (χ1) is 11.2. The van der Waals surface area contributed by atoms with Crippen LogP contribution in [0, 0.1) is 5.92 Å². The van der Waals surface area contributed by atoms with Gasteiger partial charge in [-0.05, 0) is 37.5 Å². The molecule has 1 amide bonds. The number of benzene rings is 1. The van der Waals surface area contributed by atoms with E-state index < -0.39 is 0 Å². The molecule has 1 heterocycles. The maximum Gasteiger partial charge on any atom is 0.309 e. The molecule has 0 atom stereocenters. The molecule has 1 aliphatic rings. The fourth-order valence-electron chi connectivity index (χ4n) is 2.69. The molecule has 5 nitrogen and oxygen atoms in total. The van der Waals surface area contributed by atoms with E-state index in [2.05, 4.69) is 6.92 Å². The number of likely N-dealkylation sites (tertiary alicyclic amines) is 1. The third-order valence-corrected chi connectivity index (χ3v) is 4.17. The van der Waals surface area contributed by atoms with Crippen molar-refractivity contribution in [3.63, 3.8) is 0 Å². The number of rotatable bonds is 6. The topological polar surface area (TPSA) is 55.8 Å². The summed E-state index contributed by atoms with van der Waals surface area (Å²) < 4.78 is 10.4. The lowest BCUT2D eigenvalue weighted by atomic mass is 9.96. The summed E-state index contributed by atoms with van der Waals surface area (Å²) in [4.78, 5) is 26.3. The third kappa shape index (κ3) is 4.71. The Labute approximate surface area is 137 Å². The second-order valence-corrected chi connectivity index (χ2v) is 5.82. The molecule has 0 N–H and O–H groups in total. The average Bonchev–Trinajstić information content (AvgIpc) is 2.61. The second kappa shape index (κ2) is 8.56. The Morgan fingerprint density at radius 3 is 2.65 bits per heavy atom. The van der Waals surface area contributed by atoms with Crippen LogP contribution in [-0.2, 0) is 9.53 Å². The molecule has 1 aromatic carbocycles. The van der Waals surface area contributed by atoms with Crippen LogP contribution in [0.5, 0.6) is 5.75 Å². The Kier molecular flexibility index (Phi) is 6.44. The van der Waals surface area contributed by atoms with Crippen molar-refractivity contribution in [2.75, 3.05) is 26.8 Å². The van der Waals surface area contributed by atoms with Crippen LogP contribution in [0.1, 0.15) is 43.0 Å². The number of carbonyl (C=O) groups excluding carboxylic acids is 2. The van der Waals surface area contributed by atoms with Gasteiger partial charge in [-0.15, -0.1) is 0 Å². The molecule has 0 aliphatic carbocycles. The van der Waals surface area contributed by atoms with Crippen LogP contribution in [0.3, 0.4) is 0 Å². The van der Waals surface area contributed by atoms with Crippen molar-refractivity contribution >= 4 is 11.9 Å². The summed E-state index contributed by atoms with van der Waals surface area (Å²) in [5.41, 5.74) is 0.619. The summed E-state index contributed by atoms with van der Waals surface area (Å²) in [6, 6.07) is 7.16. The molecule has 1 aliphatic heterocycles. The minimum absolute atomic E-state index is 0.0123. The molecule has 0 spiro atoms. The summed E-state index contributed by atoms with van der Waals surface area (Å²) in [5, 5.41) is 0. The van der Waals surface area contributed by atoms with Crippen molar-refractivity contribution in [3.05, 3.63) is 29.8 Å². The number of ether oxygens (including phenoxy) is 2. The zero-order chi connectivity index (χ0) is 16.7. The van der Waals surface area contributed by atoms with Gasteiger partial charge in [0.25, 0.3) is 5.91 Å². The average molecular weight is 319 g/mol. The first-order valence-corrected chi connectivity index (χ1v) is 8.25. The number of unbranched alkanes of at least 4 members (excludes halogenated alkanes) is 1. The Balaban J connectivity index is 1.86. The van der Waals surface area contributed by atoms with Crippen LogP contribution in [0.4, 0.5) is 0 Å². The van der Waals surface area contributed by atoms with Gasteiger partial charge in [-0.25, -0.2) is 0 Å². The number of hydrogen-bond donors (Lipinski definition) is 0. The maximum atomic E-state index is 12.5. The monoisotopic (exact) mass is 319 g/mol. The van der Waals surface area contributed by atoms with Gasteiger partial charge in [-0.3, -0.25) is 9.59 Å². The molecule has 1 saturated heterocycles. The molecule has 1 aromatic rings. The summed E-state index contributed by atoms with van der Waals surface area (Å²) >= 11 is 0. The second-order valence-electron chi connectivity index (χ2n) is 5.82. The predicted octanol–water partition coefficient (Wildman–Crippen LogP) is 2.89. The van der Waals surface area contributed by atoms with Gasteiger partial charge >= 0.3 is 5.97 Å². The smallest absolute Gasteiger partial charge is 0.309 e. The first kappa shape index (κ1) is 17.3. The molecule has 0 radical (unpaired) electrons. The third-order valence-electron chi connectivity index (χ3n) is 4.17. The van der Waals surface area contributed by atoms with Gasteiger partial charge in [0.2, 0.25) is 0 Å². The lowest BCUT2D eigenvalue weighted by Gasteiger charge is -2.31. The summed E-state index contributed by atoms with van der Waals surface area (Å²) in [6.07, 6.45) is 3.25. The number of carbonyl (C=O) groups is 2. The zero-order valence-corrected chi connectivity index (χ0v) is 13.9. The van der Waals surface area contributed by atoms with E-state index in [-0.39, 0.29) is 17.8 Å². The Bertz CT molecular complexity index is 536. The SMILES string of the molecule is CCCCOC(=O)C1CCN(C(=O)c2cccc(OC)c2)CC1. The summed E-state index contributed by atoms with van der Waals surface area (Å²) in [6.45, 7) is 3.74. The molecule has 126 valence electrons. The predicted molar refractivity (Wildman–Crippen MR) is 87.5 cm³/mol. The maximum absolute atomic E-state index is 12.5. The van der Waals surface area contributed by atoms with E-state index in [1.54, 1.807) is 24.1 Å². The number of esters is 1. The molecule has 2 rings (SSSR count). The lowest BCUT2D eigenvalue weighted by Crippen LogP contribution is -2.40. The number of piperidine rings is 1. The zero-order valence-electron chi connectivity index (χ0n) is 13.9. The highest BCUT2D eigenvalue weighted by molar-refractivity contribution is 5.94. The Morgan fingerprint density at radius 1 is 1.26 bits per heavy atom. The number of amides is 1. The fraction of sp³-hybridized carbons (Fsp3) is 0.556. The van der Waals surface area contributed by atoms with Gasteiger partial charge in [0.15, 0.2) is 0 Å². The van der Waals surface area contributed by atoms with Crippen molar-refractivity contribution in [3.8, 4) is 5.75 Å². The molecule has 0 saturated carbocycles. The van der Waals surface area contributed by atoms with Gasteiger partial charge in [-0.1, -0.05) is 19.4 Å². The largest absolute Gasteiger partial charge is 0.497 e. The van der Waals surface area contributed by atoms with Gasteiger partial charge in [0.05, 0.1) is 19.6 Å². The minimum Gasteiger partial charge on any atom is -0.497 e. The van der Waals surface area contributed by atoms with Crippen LogP contribution in [-0.4, -0.2) is 43.6 Å².